The Morgan fingerprint density at radius 3 is 2.50 bits per heavy atom. The van der Waals surface area contributed by atoms with Gasteiger partial charge in [-0.05, 0) is 24.3 Å². The Labute approximate surface area is 121 Å². The van der Waals surface area contributed by atoms with Gasteiger partial charge in [-0.2, -0.15) is 0 Å². The molecular weight excluding hydrogens is 252 g/mol. The number of methoxy groups -OCH3 is 1. The van der Waals surface area contributed by atoms with Crippen LogP contribution in [0.15, 0.2) is 24.3 Å². The average Bonchev–Trinajstić information content (AvgIpc) is 2.43. The normalized spacial score (nSPS) is 25.4. The maximum absolute atomic E-state index is 11.3. The Hall–Kier alpha value is -1.06. The van der Waals surface area contributed by atoms with Crippen molar-refractivity contribution in [2.75, 3.05) is 20.3 Å². The van der Waals surface area contributed by atoms with Gasteiger partial charge in [-0.3, -0.25) is 0 Å². The third-order valence-corrected chi connectivity index (χ3v) is 4.59. The first-order valence-corrected chi connectivity index (χ1v) is 7.45. The van der Waals surface area contributed by atoms with Gasteiger partial charge in [0.2, 0.25) is 0 Å². The van der Waals surface area contributed by atoms with E-state index in [1.165, 1.54) is 6.42 Å². The number of aliphatic hydroxyl groups is 1. The number of hydrogen-bond donors (Lipinski definition) is 1. The summed E-state index contributed by atoms with van der Waals surface area (Å²) in [5.41, 5.74) is -0.0262. The number of ether oxygens (including phenoxy) is 2. The summed E-state index contributed by atoms with van der Waals surface area (Å²) in [4.78, 5) is 0. The summed E-state index contributed by atoms with van der Waals surface area (Å²) in [6, 6.07) is 7.86. The molecule has 1 aliphatic carbocycles. The highest BCUT2D eigenvalue weighted by Gasteiger charge is 2.47. The minimum Gasteiger partial charge on any atom is -0.491 e. The first-order chi connectivity index (χ1) is 9.51. The molecule has 1 fully saturated rings. The lowest BCUT2D eigenvalue weighted by atomic mass is 9.62. The second-order valence-electron chi connectivity index (χ2n) is 6.29. The van der Waals surface area contributed by atoms with Gasteiger partial charge < -0.3 is 14.6 Å². The lowest BCUT2D eigenvalue weighted by molar-refractivity contribution is -0.105. The number of hydrogen-bond acceptors (Lipinski definition) is 3. The Bertz CT molecular complexity index is 442. The number of para-hydroxylation sites is 1. The second kappa shape index (κ2) is 6.15. The molecule has 112 valence electrons. The van der Waals surface area contributed by atoms with Gasteiger partial charge in [0, 0.05) is 12.7 Å². The van der Waals surface area contributed by atoms with Crippen molar-refractivity contribution in [3.63, 3.8) is 0 Å². The molecule has 0 saturated heterocycles. The molecule has 0 amide bonds. The van der Waals surface area contributed by atoms with Crippen molar-refractivity contribution in [2.45, 2.75) is 45.1 Å². The van der Waals surface area contributed by atoms with Gasteiger partial charge in [-0.15, -0.1) is 0 Å². The van der Waals surface area contributed by atoms with Crippen molar-refractivity contribution >= 4 is 0 Å². The molecule has 0 aromatic heterocycles. The van der Waals surface area contributed by atoms with E-state index in [0.29, 0.717) is 13.2 Å². The summed E-state index contributed by atoms with van der Waals surface area (Å²) in [6.07, 6.45) is 4.08. The molecule has 0 heterocycles. The molecule has 1 aliphatic rings. The minimum absolute atomic E-state index is 0.133. The number of rotatable bonds is 5. The van der Waals surface area contributed by atoms with Crippen LogP contribution >= 0.6 is 0 Å². The van der Waals surface area contributed by atoms with Gasteiger partial charge in [0.05, 0.1) is 12.2 Å². The molecule has 2 rings (SSSR count). The van der Waals surface area contributed by atoms with Gasteiger partial charge in [0.25, 0.3) is 0 Å². The van der Waals surface area contributed by atoms with Gasteiger partial charge >= 0.3 is 0 Å². The van der Waals surface area contributed by atoms with Crippen LogP contribution in [0.5, 0.6) is 5.75 Å². The zero-order valence-electron chi connectivity index (χ0n) is 12.8. The SMILES string of the molecule is COCCOc1ccccc1C1(O)CCCCC1(C)C. The van der Waals surface area contributed by atoms with Crippen LogP contribution in [0.2, 0.25) is 0 Å². The van der Waals surface area contributed by atoms with Crippen molar-refractivity contribution in [1.29, 1.82) is 0 Å². The Morgan fingerprint density at radius 1 is 1.10 bits per heavy atom. The molecule has 0 radical (unpaired) electrons. The van der Waals surface area contributed by atoms with Crippen LogP contribution in [0.3, 0.4) is 0 Å². The van der Waals surface area contributed by atoms with E-state index in [2.05, 4.69) is 13.8 Å². The largest absolute Gasteiger partial charge is 0.491 e. The fourth-order valence-corrected chi connectivity index (χ4v) is 3.16. The topological polar surface area (TPSA) is 38.7 Å². The highest BCUT2D eigenvalue weighted by atomic mass is 16.5. The van der Waals surface area contributed by atoms with E-state index in [1.807, 2.05) is 24.3 Å². The van der Waals surface area contributed by atoms with Crippen LogP contribution in [0.4, 0.5) is 0 Å². The van der Waals surface area contributed by atoms with Crippen molar-refractivity contribution in [1.82, 2.24) is 0 Å². The highest BCUT2D eigenvalue weighted by Crippen LogP contribution is 2.52. The second-order valence-corrected chi connectivity index (χ2v) is 6.29. The van der Waals surface area contributed by atoms with Crippen molar-refractivity contribution in [3.05, 3.63) is 29.8 Å². The first kappa shape index (κ1) is 15.3. The van der Waals surface area contributed by atoms with E-state index in [9.17, 15) is 5.11 Å². The van der Waals surface area contributed by atoms with E-state index in [1.54, 1.807) is 7.11 Å². The van der Waals surface area contributed by atoms with Crippen molar-refractivity contribution in [2.24, 2.45) is 5.41 Å². The molecule has 20 heavy (non-hydrogen) atoms. The van der Waals surface area contributed by atoms with E-state index < -0.39 is 5.60 Å². The zero-order valence-corrected chi connectivity index (χ0v) is 12.8. The minimum atomic E-state index is -0.811. The van der Waals surface area contributed by atoms with E-state index in [-0.39, 0.29) is 5.41 Å². The molecule has 0 bridgehead atoms. The Kier molecular flexibility index (Phi) is 4.71. The molecule has 0 aliphatic heterocycles. The molecule has 1 aromatic rings. The molecule has 1 saturated carbocycles. The smallest absolute Gasteiger partial charge is 0.125 e. The molecule has 3 heteroatoms. The maximum Gasteiger partial charge on any atom is 0.125 e. The predicted molar refractivity (Wildman–Crippen MR) is 80.0 cm³/mol. The van der Waals surface area contributed by atoms with Gasteiger partial charge in [-0.25, -0.2) is 0 Å². The van der Waals surface area contributed by atoms with Crippen LogP contribution < -0.4 is 4.74 Å². The molecule has 1 aromatic carbocycles. The summed E-state index contributed by atoms with van der Waals surface area (Å²) in [5, 5.41) is 11.3. The van der Waals surface area contributed by atoms with Crippen LogP contribution in [0.1, 0.15) is 45.1 Å². The average molecular weight is 278 g/mol. The van der Waals surface area contributed by atoms with Gasteiger partial charge in [0.15, 0.2) is 0 Å². The summed E-state index contributed by atoms with van der Waals surface area (Å²) in [5.74, 6) is 0.780. The zero-order chi connectivity index (χ0) is 14.6. The number of benzene rings is 1. The Balaban J connectivity index is 2.30. The van der Waals surface area contributed by atoms with Crippen LogP contribution in [-0.2, 0) is 10.3 Å². The predicted octanol–water partition coefficient (Wildman–Crippen LogP) is 3.50. The molecule has 3 nitrogen and oxygen atoms in total. The molecule has 0 spiro atoms. The van der Waals surface area contributed by atoms with E-state index >= 15 is 0 Å². The van der Waals surface area contributed by atoms with E-state index in [0.717, 1.165) is 30.6 Å². The molecular formula is C17H26O3. The molecule has 1 atom stereocenters. The standard InChI is InChI=1S/C17H26O3/c1-16(2)10-6-7-11-17(16,18)14-8-4-5-9-15(14)20-13-12-19-3/h4-5,8-9,18H,6-7,10-13H2,1-3H3. The maximum atomic E-state index is 11.3. The highest BCUT2D eigenvalue weighted by molar-refractivity contribution is 5.39. The first-order valence-electron chi connectivity index (χ1n) is 7.45. The fraction of sp³-hybridized carbons (Fsp3) is 0.647. The fourth-order valence-electron chi connectivity index (χ4n) is 3.16. The molecule has 1 N–H and O–H groups in total. The third-order valence-electron chi connectivity index (χ3n) is 4.59. The summed E-state index contributed by atoms with van der Waals surface area (Å²) in [7, 11) is 1.66. The summed E-state index contributed by atoms with van der Waals surface area (Å²) in [6.45, 7) is 5.36. The monoisotopic (exact) mass is 278 g/mol. The summed E-state index contributed by atoms with van der Waals surface area (Å²) < 4.78 is 10.8. The van der Waals surface area contributed by atoms with Crippen molar-refractivity contribution in [3.8, 4) is 5.75 Å². The van der Waals surface area contributed by atoms with E-state index in [4.69, 9.17) is 9.47 Å². The van der Waals surface area contributed by atoms with Crippen LogP contribution in [0, 0.1) is 5.41 Å². The Morgan fingerprint density at radius 2 is 1.80 bits per heavy atom. The summed E-state index contributed by atoms with van der Waals surface area (Å²) >= 11 is 0. The third kappa shape index (κ3) is 2.84. The van der Waals surface area contributed by atoms with Gasteiger partial charge in [-0.1, -0.05) is 44.9 Å². The molecule has 1 unspecified atom stereocenters. The van der Waals surface area contributed by atoms with Gasteiger partial charge in [0.1, 0.15) is 12.4 Å². The van der Waals surface area contributed by atoms with Crippen LogP contribution in [0.25, 0.3) is 0 Å². The lowest BCUT2D eigenvalue weighted by Crippen LogP contribution is -2.44. The quantitative estimate of drug-likeness (QED) is 0.838. The lowest BCUT2D eigenvalue weighted by Gasteiger charge is -2.47. The van der Waals surface area contributed by atoms with Crippen LogP contribution in [-0.4, -0.2) is 25.4 Å². The van der Waals surface area contributed by atoms with Crippen molar-refractivity contribution < 1.29 is 14.6 Å².